The zero-order valence-electron chi connectivity index (χ0n) is 10.6. The number of hydrogen-bond donors (Lipinski definition) is 2. The Morgan fingerprint density at radius 2 is 1.75 bits per heavy atom. The summed E-state index contributed by atoms with van der Waals surface area (Å²) in [6.45, 7) is 7.62. The molecule has 0 aromatic heterocycles. The van der Waals surface area contributed by atoms with Gasteiger partial charge in [0.05, 0.1) is 0 Å². The number of rotatable bonds is 4. The number of likely N-dealkylation sites (tertiary alicyclic amines) is 1. The Morgan fingerprint density at radius 1 is 1.12 bits per heavy atom. The van der Waals surface area contributed by atoms with E-state index in [0.29, 0.717) is 12.6 Å². The first-order valence-corrected chi connectivity index (χ1v) is 6.46. The molecule has 1 saturated heterocycles. The number of carbonyl (C=O) groups excluding carboxylic acids is 1. The quantitative estimate of drug-likeness (QED) is 0.716. The minimum absolute atomic E-state index is 0.104. The third kappa shape index (κ3) is 5.35. The second-order valence-corrected chi connectivity index (χ2v) is 4.74. The van der Waals surface area contributed by atoms with Crippen molar-refractivity contribution in [3.63, 3.8) is 0 Å². The van der Waals surface area contributed by atoms with E-state index in [0.717, 1.165) is 32.5 Å². The van der Waals surface area contributed by atoms with Gasteiger partial charge in [0.2, 0.25) is 0 Å². The SMILES string of the molecule is CC(C)NCCNC(=O)N1CCCCCC1. The van der Waals surface area contributed by atoms with E-state index in [9.17, 15) is 4.79 Å². The standard InChI is InChI=1S/C12H25N3O/c1-11(2)13-7-8-14-12(16)15-9-5-3-4-6-10-15/h11,13H,3-10H2,1-2H3,(H,14,16). The maximum atomic E-state index is 11.8. The summed E-state index contributed by atoms with van der Waals surface area (Å²) in [5, 5.41) is 6.24. The maximum Gasteiger partial charge on any atom is 0.317 e. The Morgan fingerprint density at radius 3 is 2.31 bits per heavy atom. The first kappa shape index (κ1) is 13.3. The molecule has 16 heavy (non-hydrogen) atoms. The molecule has 1 aliphatic heterocycles. The highest BCUT2D eigenvalue weighted by Crippen LogP contribution is 2.09. The second-order valence-electron chi connectivity index (χ2n) is 4.74. The lowest BCUT2D eigenvalue weighted by atomic mass is 10.2. The van der Waals surface area contributed by atoms with Gasteiger partial charge in [0.25, 0.3) is 0 Å². The molecule has 0 aromatic carbocycles. The summed E-state index contributed by atoms with van der Waals surface area (Å²) in [7, 11) is 0. The van der Waals surface area contributed by atoms with Crippen molar-refractivity contribution < 1.29 is 4.79 Å². The second kappa shape index (κ2) is 7.49. The highest BCUT2D eigenvalue weighted by molar-refractivity contribution is 5.74. The number of nitrogens with one attached hydrogen (secondary N) is 2. The van der Waals surface area contributed by atoms with Gasteiger partial charge < -0.3 is 15.5 Å². The number of nitrogens with zero attached hydrogens (tertiary/aromatic N) is 1. The monoisotopic (exact) mass is 227 g/mol. The van der Waals surface area contributed by atoms with E-state index in [-0.39, 0.29) is 6.03 Å². The number of urea groups is 1. The molecular weight excluding hydrogens is 202 g/mol. The molecule has 1 aliphatic rings. The molecule has 94 valence electrons. The van der Waals surface area contributed by atoms with Crippen LogP contribution in [0.15, 0.2) is 0 Å². The van der Waals surface area contributed by atoms with E-state index in [4.69, 9.17) is 0 Å². The van der Waals surface area contributed by atoms with Gasteiger partial charge in [-0.3, -0.25) is 0 Å². The van der Waals surface area contributed by atoms with E-state index < -0.39 is 0 Å². The van der Waals surface area contributed by atoms with E-state index >= 15 is 0 Å². The molecular formula is C12H25N3O. The summed E-state index contributed by atoms with van der Waals surface area (Å²) in [5.74, 6) is 0. The van der Waals surface area contributed by atoms with Crippen molar-refractivity contribution >= 4 is 6.03 Å². The third-order valence-electron chi connectivity index (χ3n) is 2.85. The molecule has 1 rings (SSSR count). The van der Waals surface area contributed by atoms with Crippen molar-refractivity contribution in [1.29, 1.82) is 0 Å². The maximum absolute atomic E-state index is 11.8. The first-order chi connectivity index (χ1) is 7.70. The fourth-order valence-electron chi connectivity index (χ4n) is 1.92. The molecule has 0 atom stereocenters. The molecule has 1 heterocycles. The molecule has 0 bridgehead atoms. The Balaban J connectivity index is 2.13. The molecule has 2 N–H and O–H groups in total. The van der Waals surface area contributed by atoms with E-state index in [1.54, 1.807) is 0 Å². The van der Waals surface area contributed by atoms with Gasteiger partial charge >= 0.3 is 6.03 Å². The van der Waals surface area contributed by atoms with Gasteiger partial charge in [0.1, 0.15) is 0 Å². The summed E-state index contributed by atoms with van der Waals surface area (Å²) in [6.07, 6.45) is 4.83. The van der Waals surface area contributed by atoms with E-state index in [1.807, 2.05) is 4.90 Å². The Labute approximate surface area is 98.8 Å². The lowest BCUT2D eigenvalue weighted by Gasteiger charge is -2.21. The van der Waals surface area contributed by atoms with E-state index in [1.165, 1.54) is 12.8 Å². The van der Waals surface area contributed by atoms with Crippen LogP contribution in [0.25, 0.3) is 0 Å². The molecule has 0 aromatic rings. The summed E-state index contributed by atoms with van der Waals surface area (Å²) in [4.78, 5) is 13.7. The van der Waals surface area contributed by atoms with Crippen LogP contribution < -0.4 is 10.6 Å². The van der Waals surface area contributed by atoms with Gasteiger partial charge in [-0.15, -0.1) is 0 Å². The normalized spacial score (nSPS) is 17.3. The minimum Gasteiger partial charge on any atom is -0.337 e. The van der Waals surface area contributed by atoms with Gasteiger partial charge in [-0.1, -0.05) is 26.7 Å². The molecule has 0 radical (unpaired) electrons. The molecule has 4 nitrogen and oxygen atoms in total. The van der Waals surface area contributed by atoms with Crippen molar-refractivity contribution in [3.8, 4) is 0 Å². The van der Waals surface area contributed by atoms with Crippen LogP contribution in [0.1, 0.15) is 39.5 Å². The largest absolute Gasteiger partial charge is 0.337 e. The van der Waals surface area contributed by atoms with Gasteiger partial charge in [-0.2, -0.15) is 0 Å². The van der Waals surface area contributed by atoms with Crippen LogP contribution in [0.3, 0.4) is 0 Å². The van der Waals surface area contributed by atoms with Crippen molar-refractivity contribution in [2.24, 2.45) is 0 Å². The minimum atomic E-state index is 0.104. The van der Waals surface area contributed by atoms with Crippen molar-refractivity contribution in [2.75, 3.05) is 26.2 Å². The highest BCUT2D eigenvalue weighted by atomic mass is 16.2. The number of hydrogen-bond acceptors (Lipinski definition) is 2. The average Bonchev–Trinajstić information content (AvgIpc) is 2.52. The third-order valence-corrected chi connectivity index (χ3v) is 2.85. The fourth-order valence-corrected chi connectivity index (χ4v) is 1.92. The van der Waals surface area contributed by atoms with Gasteiger partial charge in [0.15, 0.2) is 0 Å². The van der Waals surface area contributed by atoms with Crippen LogP contribution >= 0.6 is 0 Å². The van der Waals surface area contributed by atoms with Crippen LogP contribution in [0.4, 0.5) is 4.79 Å². The Bertz CT molecular complexity index is 198. The summed E-state index contributed by atoms with van der Waals surface area (Å²) >= 11 is 0. The summed E-state index contributed by atoms with van der Waals surface area (Å²) < 4.78 is 0. The molecule has 0 aliphatic carbocycles. The fraction of sp³-hybridized carbons (Fsp3) is 0.917. The molecule has 0 spiro atoms. The molecule has 4 heteroatoms. The topological polar surface area (TPSA) is 44.4 Å². The smallest absolute Gasteiger partial charge is 0.317 e. The van der Waals surface area contributed by atoms with Crippen LogP contribution in [0.5, 0.6) is 0 Å². The summed E-state index contributed by atoms with van der Waals surface area (Å²) in [5.41, 5.74) is 0. The average molecular weight is 227 g/mol. The number of amides is 2. The van der Waals surface area contributed by atoms with E-state index in [2.05, 4.69) is 24.5 Å². The first-order valence-electron chi connectivity index (χ1n) is 6.46. The number of carbonyl (C=O) groups is 1. The van der Waals surface area contributed by atoms with Crippen LogP contribution in [-0.4, -0.2) is 43.2 Å². The van der Waals surface area contributed by atoms with Crippen molar-refractivity contribution in [3.05, 3.63) is 0 Å². The molecule has 1 fully saturated rings. The predicted octanol–water partition coefficient (Wildman–Crippen LogP) is 1.57. The predicted molar refractivity (Wildman–Crippen MR) is 66.6 cm³/mol. The lowest BCUT2D eigenvalue weighted by Crippen LogP contribution is -2.43. The zero-order chi connectivity index (χ0) is 11.8. The molecule has 0 saturated carbocycles. The van der Waals surface area contributed by atoms with Crippen molar-refractivity contribution in [2.45, 2.75) is 45.6 Å². The summed E-state index contributed by atoms with van der Waals surface area (Å²) in [6, 6.07) is 0.586. The molecule has 2 amide bonds. The van der Waals surface area contributed by atoms with Gasteiger partial charge in [-0.05, 0) is 12.8 Å². The van der Waals surface area contributed by atoms with Crippen LogP contribution in [0, 0.1) is 0 Å². The molecule has 0 unspecified atom stereocenters. The van der Waals surface area contributed by atoms with Crippen LogP contribution in [-0.2, 0) is 0 Å². The van der Waals surface area contributed by atoms with Crippen molar-refractivity contribution in [1.82, 2.24) is 15.5 Å². The zero-order valence-corrected chi connectivity index (χ0v) is 10.6. The van der Waals surface area contributed by atoms with Crippen LogP contribution in [0.2, 0.25) is 0 Å². The van der Waals surface area contributed by atoms with Gasteiger partial charge in [-0.25, -0.2) is 4.79 Å². The Hall–Kier alpha value is -0.770. The lowest BCUT2D eigenvalue weighted by molar-refractivity contribution is 0.200. The Kier molecular flexibility index (Phi) is 6.23. The van der Waals surface area contributed by atoms with Gasteiger partial charge in [0, 0.05) is 32.2 Å². The highest BCUT2D eigenvalue weighted by Gasteiger charge is 2.14.